The van der Waals surface area contributed by atoms with Crippen LogP contribution in [0.4, 0.5) is 11.4 Å². The zero-order chi connectivity index (χ0) is 19.7. The molecule has 0 aliphatic carbocycles. The molecule has 3 aromatic rings. The largest absolute Gasteiger partial charge is 0.489 e. The third-order valence-corrected chi connectivity index (χ3v) is 5.18. The summed E-state index contributed by atoms with van der Waals surface area (Å²) in [4.78, 5) is 15.0. The maximum atomic E-state index is 13.2. The van der Waals surface area contributed by atoms with Crippen molar-refractivity contribution in [3.8, 4) is 5.75 Å². The zero-order valence-corrected chi connectivity index (χ0v) is 16.1. The molecule has 4 rings (SSSR count). The normalized spacial score (nSPS) is 13.3. The van der Waals surface area contributed by atoms with Crippen LogP contribution in [-0.4, -0.2) is 17.6 Å². The Balaban J connectivity index is 1.55. The summed E-state index contributed by atoms with van der Waals surface area (Å²) in [5.74, 6) is 1.33. The number of amides is 1. The summed E-state index contributed by atoms with van der Waals surface area (Å²) in [5, 5.41) is 3.94. The predicted molar refractivity (Wildman–Crippen MR) is 108 cm³/mol. The quantitative estimate of drug-likeness (QED) is 0.694. The summed E-state index contributed by atoms with van der Waals surface area (Å²) in [6, 6.07) is 13.0. The molecule has 1 aliphatic heterocycles. The maximum Gasteiger partial charge on any atom is 0.258 e. The molecule has 0 radical (unpaired) electrons. The number of hydrogen-bond donors (Lipinski definition) is 1. The zero-order valence-electron chi connectivity index (χ0n) is 16.1. The molecule has 1 aliphatic rings. The second kappa shape index (κ2) is 7.38. The van der Waals surface area contributed by atoms with Crippen LogP contribution in [0.5, 0.6) is 5.75 Å². The first-order valence-corrected chi connectivity index (χ1v) is 9.38. The fraction of sp³-hybridized carbons (Fsp3) is 0.273. The molecule has 0 unspecified atom stereocenters. The van der Waals surface area contributed by atoms with Crippen LogP contribution < -0.4 is 15.4 Å². The van der Waals surface area contributed by atoms with Gasteiger partial charge in [0, 0.05) is 23.5 Å². The van der Waals surface area contributed by atoms with Crippen molar-refractivity contribution in [1.29, 1.82) is 0 Å². The molecule has 0 atom stereocenters. The van der Waals surface area contributed by atoms with E-state index in [0.29, 0.717) is 24.5 Å². The van der Waals surface area contributed by atoms with Crippen molar-refractivity contribution in [1.82, 2.24) is 5.16 Å². The topological polar surface area (TPSA) is 81.6 Å². The van der Waals surface area contributed by atoms with E-state index in [9.17, 15) is 4.79 Å². The van der Waals surface area contributed by atoms with Crippen LogP contribution in [0, 0.1) is 13.8 Å². The minimum absolute atomic E-state index is 0.0469. The van der Waals surface area contributed by atoms with E-state index in [2.05, 4.69) is 5.16 Å². The van der Waals surface area contributed by atoms with E-state index in [1.807, 2.05) is 55.1 Å². The van der Waals surface area contributed by atoms with Crippen LogP contribution >= 0.6 is 0 Å². The Morgan fingerprint density at radius 1 is 1.25 bits per heavy atom. The van der Waals surface area contributed by atoms with Gasteiger partial charge in [-0.2, -0.15) is 0 Å². The van der Waals surface area contributed by atoms with Gasteiger partial charge in [0.25, 0.3) is 5.91 Å². The van der Waals surface area contributed by atoms with Crippen LogP contribution in [0.2, 0.25) is 0 Å². The lowest BCUT2D eigenvalue weighted by atomic mass is 9.99. The van der Waals surface area contributed by atoms with Crippen LogP contribution in [-0.2, 0) is 13.0 Å². The van der Waals surface area contributed by atoms with Gasteiger partial charge in [-0.3, -0.25) is 4.79 Å². The summed E-state index contributed by atoms with van der Waals surface area (Å²) >= 11 is 0. The SMILES string of the molecule is Cc1noc(C)c1COc1cccc(C(=O)N2CCCc3c(N)cccc32)c1. The number of benzene rings is 2. The molecule has 2 heterocycles. The number of carbonyl (C=O) groups is 1. The molecule has 6 nitrogen and oxygen atoms in total. The smallest absolute Gasteiger partial charge is 0.258 e. The molecular formula is C22H23N3O3. The maximum absolute atomic E-state index is 13.2. The number of nitrogen functional groups attached to an aromatic ring is 1. The van der Waals surface area contributed by atoms with Crippen molar-refractivity contribution in [3.05, 3.63) is 70.6 Å². The molecule has 0 fully saturated rings. The Kier molecular flexibility index (Phi) is 4.77. The van der Waals surface area contributed by atoms with E-state index in [4.69, 9.17) is 15.0 Å². The molecule has 0 bridgehead atoms. The highest BCUT2D eigenvalue weighted by Crippen LogP contribution is 2.32. The van der Waals surface area contributed by atoms with E-state index in [-0.39, 0.29) is 5.91 Å². The molecule has 6 heteroatoms. The van der Waals surface area contributed by atoms with Gasteiger partial charge in [-0.05, 0) is 62.6 Å². The number of aryl methyl sites for hydroxylation is 2. The fourth-order valence-electron chi connectivity index (χ4n) is 3.60. The third-order valence-electron chi connectivity index (χ3n) is 5.18. The van der Waals surface area contributed by atoms with Crippen molar-refractivity contribution in [2.45, 2.75) is 33.3 Å². The van der Waals surface area contributed by atoms with E-state index in [0.717, 1.165) is 46.8 Å². The molecule has 0 spiro atoms. The molecule has 1 aromatic heterocycles. The van der Waals surface area contributed by atoms with Gasteiger partial charge >= 0.3 is 0 Å². The lowest BCUT2D eigenvalue weighted by Crippen LogP contribution is -2.35. The van der Waals surface area contributed by atoms with Gasteiger partial charge < -0.3 is 19.9 Å². The summed E-state index contributed by atoms with van der Waals surface area (Å²) < 4.78 is 11.1. The highest BCUT2D eigenvalue weighted by molar-refractivity contribution is 6.07. The average Bonchev–Trinajstić information content (AvgIpc) is 3.03. The van der Waals surface area contributed by atoms with E-state index in [1.165, 1.54) is 0 Å². The number of nitrogens with two attached hydrogens (primary N) is 1. The first kappa shape index (κ1) is 18.1. The van der Waals surface area contributed by atoms with Crippen molar-refractivity contribution in [2.24, 2.45) is 0 Å². The van der Waals surface area contributed by atoms with Crippen LogP contribution in [0.3, 0.4) is 0 Å². The summed E-state index contributed by atoms with van der Waals surface area (Å²) in [5.41, 5.74) is 11.1. The predicted octanol–water partition coefficient (Wildman–Crippen LogP) is 4.05. The van der Waals surface area contributed by atoms with Gasteiger partial charge in [0.1, 0.15) is 18.1 Å². The second-order valence-corrected chi connectivity index (χ2v) is 7.02. The number of aromatic nitrogens is 1. The fourth-order valence-corrected chi connectivity index (χ4v) is 3.60. The highest BCUT2D eigenvalue weighted by atomic mass is 16.5. The Morgan fingerprint density at radius 2 is 2.07 bits per heavy atom. The minimum Gasteiger partial charge on any atom is -0.489 e. The van der Waals surface area contributed by atoms with Crippen LogP contribution in [0.15, 0.2) is 47.0 Å². The standard InChI is InChI=1S/C22H23N3O3/c1-14-19(15(2)28-24-14)13-27-17-7-3-6-16(12-17)22(26)25-11-5-8-18-20(23)9-4-10-21(18)25/h3-4,6-7,9-10,12H,5,8,11,13,23H2,1-2H3. The average molecular weight is 377 g/mol. The third kappa shape index (κ3) is 3.33. The van der Waals surface area contributed by atoms with E-state index >= 15 is 0 Å². The number of carbonyl (C=O) groups excluding carboxylic acids is 1. The Labute approximate surface area is 163 Å². The van der Waals surface area contributed by atoms with Gasteiger partial charge in [0.05, 0.1) is 11.3 Å². The van der Waals surface area contributed by atoms with Gasteiger partial charge in [-0.15, -0.1) is 0 Å². The molecule has 2 N–H and O–H groups in total. The van der Waals surface area contributed by atoms with Crippen LogP contribution in [0.1, 0.15) is 39.4 Å². The van der Waals surface area contributed by atoms with Crippen LogP contribution in [0.25, 0.3) is 0 Å². The van der Waals surface area contributed by atoms with E-state index < -0.39 is 0 Å². The van der Waals surface area contributed by atoms with Gasteiger partial charge in [-0.25, -0.2) is 0 Å². The van der Waals surface area contributed by atoms with Gasteiger partial charge in [0.15, 0.2) is 0 Å². The number of anilines is 2. The molecule has 0 saturated carbocycles. The highest BCUT2D eigenvalue weighted by Gasteiger charge is 2.25. The number of nitrogens with zero attached hydrogens (tertiary/aromatic N) is 2. The Morgan fingerprint density at radius 3 is 2.86 bits per heavy atom. The number of hydrogen-bond acceptors (Lipinski definition) is 5. The summed E-state index contributed by atoms with van der Waals surface area (Å²) in [6.45, 7) is 4.77. The van der Waals surface area contributed by atoms with E-state index in [1.54, 1.807) is 6.07 Å². The minimum atomic E-state index is -0.0469. The summed E-state index contributed by atoms with van der Waals surface area (Å²) in [6.07, 6.45) is 1.79. The Bertz CT molecular complexity index is 1010. The number of fused-ring (bicyclic) bond motifs is 1. The van der Waals surface area contributed by atoms with Crippen molar-refractivity contribution >= 4 is 17.3 Å². The lowest BCUT2D eigenvalue weighted by Gasteiger charge is -2.30. The molecule has 2 aromatic carbocycles. The first-order valence-electron chi connectivity index (χ1n) is 9.38. The first-order chi connectivity index (χ1) is 13.5. The molecule has 28 heavy (non-hydrogen) atoms. The number of rotatable bonds is 4. The lowest BCUT2D eigenvalue weighted by molar-refractivity contribution is 0.0984. The number of ether oxygens (including phenoxy) is 1. The monoisotopic (exact) mass is 377 g/mol. The van der Waals surface area contributed by atoms with Crippen molar-refractivity contribution < 1.29 is 14.1 Å². The Hall–Kier alpha value is -3.28. The molecule has 144 valence electrons. The molecule has 0 saturated heterocycles. The molecular weight excluding hydrogens is 354 g/mol. The summed E-state index contributed by atoms with van der Waals surface area (Å²) in [7, 11) is 0. The van der Waals surface area contributed by atoms with Crippen molar-refractivity contribution in [2.75, 3.05) is 17.2 Å². The molecule has 1 amide bonds. The van der Waals surface area contributed by atoms with Gasteiger partial charge in [0.2, 0.25) is 0 Å². The van der Waals surface area contributed by atoms with Gasteiger partial charge in [-0.1, -0.05) is 17.3 Å². The second-order valence-electron chi connectivity index (χ2n) is 7.02. The van der Waals surface area contributed by atoms with Crippen molar-refractivity contribution in [3.63, 3.8) is 0 Å².